The molecule has 0 N–H and O–H groups in total. The molecule has 2 aromatic rings. The van der Waals surface area contributed by atoms with Crippen LogP contribution >= 0.6 is 0 Å². The summed E-state index contributed by atoms with van der Waals surface area (Å²) in [6.07, 6.45) is 12.6. The maximum absolute atomic E-state index is 12.8. The molecule has 1 aliphatic rings. The fraction of sp³-hybridized carbons (Fsp3) is 0.576. The van der Waals surface area contributed by atoms with E-state index in [9.17, 15) is 10.1 Å². The molecule has 0 bridgehead atoms. The Balaban J connectivity index is 1.45. The molecule has 4 nitrogen and oxygen atoms in total. The van der Waals surface area contributed by atoms with Crippen LogP contribution in [0.2, 0.25) is 0 Å². The Morgan fingerprint density at radius 2 is 1.54 bits per heavy atom. The van der Waals surface area contributed by atoms with Gasteiger partial charge in [-0.05, 0) is 79.8 Å². The number of carbonyl (C=O) groups is 1. The molecule has 0 aromatic heterocycles. The van der Waals surface area contributed by atoms with E-state index in [-0.39, 0.29) is 17.5 Å². The average Bonchev–Trinajstić information content (AvgIpc) is 2.94. The van der Waals surface area contributed by atoms with Crippen molar-refractivity contribution in [2.24, 2.45) is 11.3 Å². The van der Waals surface area contributed by atoms with Gasteiger partial charge in [0.2, 0.25) is 0 Å². The van der Waals surface area contributed by atoms with Gasteiger partial charge in [0.15, 0.2) is 0 Å². The number of benzene rings is 2. The minimum absolute atomic E-state index is 0.102. The lowest BCUT2D eigenvalue weighted by atomic mass is 9.69. The van der Waals surface area contributed by atoms with Crippen LogP contribution < -0.4 is 4.74 Å². The van der Waals surface area contributed by atoms with Gasteiger partial charge in [-0.3, -0.25) is 0 Å². The van der Waals surface area contributed by atoms with E-state index in [1.807, 2.05) is 36.4 Å². The predicted octanol–water partition coefficient (Wildman–Crippen LogP) is 9.14. The normalized spacial score (nSPS) is 20.1. The Bertz CT molecular complexity index is 982. The number of unbranched alkanes of at least 4 members (excludes halogenated alkanes) is 5. The summed E-state index contributed by atoms with van der Waals surface area (Å²) < 4.78 is 11.7. The lowest BCUT2D eigenvalue weighted by Crippen LogP contribution is -2.32. The maximum Gasteiger partial charge on any atom is 0.338 e. The van der Waals surface area contributed by atoms with Gasteiger partial charge in [0.25, 0.3) is 0 Å². The van der Waals surface area contributed by atoms with E-state index < -0.39 is 0 Å². The highest BCUT2D eigenvalue weighted by Crippen LogP contribution is 2.42. The lowest BCUT2D eigenvalue weighted by molar-refractivity contribution is 0.00923. The number of nitriles is 1. The second-order valence-corrected chi connectivity index (χ2v) is 10.9. The van der Waals surface area contributed by atoms with E-state index in [0.29, 0.717) is 11.5 Å². The average molecular weight is 504 g/mol. The summed E-state index contributed by atoms with van der Waals surface area (Å²) in [5.74, 6) is 1.17. The van der Waals surface area contributed by atoms with Crippen LogP contribution in [0.3, 0.4) is 0 Å². The smallest absolute Gasteiger partial charge is 0.338 e. The topological polar surface area (TPSA) is 59.3 Å². The van der Waals surface area contributed by atoms with Crippen molar-refractivity contribution in [3.8, 4) is 22.9 Å². The third-order valence-electron chi connectivity index (χ3n) is 7.91. The molecule has 1 fully saturated rings. The molecule has 0 saturated heterocycles. The second kappa shape index (κ2) is 14.8. The van der Waals surface area contributed by atoms with E-state index in [0.717, 1.165) is 68.4 Å². The van der Waals surface area contributed by atoms with Crippen molar-refractivity contribution < 1.29 is 14.3 Å². The monoisotopic (exact) mass is 503 g/mol. The molecule has 0 unspecified atom stereocenters. The standard InChI is InChI=1S/C33H45NO3/c1-4-6-7-8-9-10-23-36-30-17-15-28(16-18-30)27-11-13-29(14-12-27)32(35)37-31-19-21-33(25-34,22-20-31)24-26(3)5-2/h11-18,26,31H,4-10,19-24H2,1-3H3/t26-,31-,33-/m1/s1. The molecule has 200 valence electrons. The first-order valence-corrected chi connectivity index (χ1v) is 14.4. The van der Waals surface area contributed by atoms with Crippen molar-refractivity contribution in [2.75, 3.05) is 6.61 Å². The van der Waals surface area contributed by atoms with E-state index >= 15 is 0 Å². The van der Waals surface area contributed by atoms with Crippen LogP contribution in [0.5, 0.6) is 5.75 Å². The molecule has 0 aliphatic heterocycles. The second-order valence-electron chi connectivity index (χ2n) is 10.9. The number of rotatable bonds is 14. The Hall–Kier alpha value is -2.80. The van der Waals surface area contributed by atoms with Crippen LogP contribution in [0.15, 0.2) is 48.5 Å². The summed E-state index contributed by atoms with van der Waals surface area (Å²) in [4.78, 5) is 12.8. The molecule has 37 heavy (non-hydrogen) atoms. The summed E-state index contributed by atoms with van der Waals surface area (Å²) in [6, 6.07) is 18.4. The SMILES string of the molecule is CCCCCCCCOc1ccc(-c2ccc(C(=O)O[C@H]3CC[C@@](C#N)(C[C@H](C)CC)CC3)cc2)cc1. The number of hydrogen-bond donors (Lipinski definition) is 0. The first-order valence-electron chi connectivity index (χ1n) is 14.4. The van der Waals surface area contributed by atoms with Crippen molar-refractivity contribution in [1.29, 1.82) is 5.26 Å². The number of nitrogens with zero attached hydrogens (tertiary/aromatic N) is 1. The van der Waals surface area contributed by atoms with Gasteiger partial charge in [0.1, 0.15) is 11.9 Å². The van der Waals surface area contributed by atoms with Crippen molar-refractivity contribution in [3.63, 3.8) is 0 Å². The minimum Gasteiger partial charge on any atom is -0.494 e. The largest absolute Gasteiger partial charge is 0.494 e. The molecular weight excluding hydrogens is 458 g/mol. The molecule has 0 spiro atoms. The van der Waals surface area contributed by atoms with E-state index in [4.69, 9.17) is 9.47 Å². The highest BCUT2D eigenvalue weighted by Gasteiger charge is 2.37. The van der Waals surface area contributed by atoms with Crippen LogP contribution in [-0.2, 0) is 4.74 Å². The Labute approximate surface area is 224 Å². The molecule has 0 heterocycles. The fourth-order valence-corrected chi connectivity index (χ4v) is 5.27. The number of hydrogen-bond acceptors (Lipinski definition) is 4. The molecule has 0 radical (unpaired) electrons. The summed E-state index contributed by atoms with van der Waals surface area (Å²) in [7, 11) is 0. The first kappa shape index (κ1) is 28.8. The van der Waals surface area contributed by atoms with E-state index in [1.165, 1.54) is 32.1 Å². The van der Waals surface area contributed by atoms with Crippen molar-refractivity contribution in [1.82, 2.24) is 0 Å². The third-order valence-corrected chi connectivity index (χ3v) is 7.91. The third kappa shape index (κ3) is 8.92. The zero-order valence-electron chi connectivity index (χ0n) is 23.1. The Kier molecular flexibility index (Phi) is 11.5. The molecule has 1 aliphatic carbocycles. The minimum atomic E-state index is -0.277. The predicted molar refractivity (Wildman–Crippen MR) is 151 cm³/mol. The van der Waals surface area contributed by atoms with Gasteiger partial charge in [-0.1, -0.05) is 83.6 Å². The first-order chi connectivity index (χ1) is 18.0. The molecule has 0 amide bonds. The highest BCUT2D eigenvalue weighted by molar-refractivity contribution is 5.90. The van der Waals surface area contributed by atoms with Crippen LogP contribution in [0.1, 0.15) is 108 Å². The van der Waals surface area contributed by atoms with Gasteiger partial charge in [-0.25, -0.2) is 4.79 Å². The Morgan fingerprint density at radius 3 is 2.14 bits per heavy atom. The van der Waals surface area contributed by atoms with Crippen LogP contribution in [0, 0.1) is 22.7 Å². The summed E-state index contributed by atoms with van der Waals surface area (Å²) in [5, 5.41) is 9.78. The maximum atomic E-state index is 12.8. The van der Waals surface area contributed by atoms with Crippen LogP contribution in [0.4, 0.5) is 0 Å². The van der Waals surface area contributed by atoms with E-state index in [1.54, 1.807) is 0 Å². The molecule has 4 heteroatoms. The van der Waals surface area contributed by atoms with Gasteiger partial charge >= 0.3 is 5.97 Å². The molecular formula is C33H45NO3. The summed E-state index contributed by atoms with van der Waals surface area (Å²) in [6.45, 7) is 7.39. The van der Waals surface area contributed by atoms with Crippen LogP contribution in [0.25, 0.3) is 11.1 Å². The van der Waals surface area contributed by atoms with Gasteiger partial charge in [0, 0.05) is 0 Å². The van der Waals surface area contributed by atoms with Gasteiger partial charge in [-0.15, -0.1) is 0 Å². The Morgan fingerprint density at radius 1 is 0.946 bits per heavy atom. The zero-order valence-corrected chi connectivity index (χ0v) is 23.1. The highest BCUT2D eigenvalue weighted by atomic mass is 16.5. The number of esters is 1. The quantitative estimate of drug-likeness (QED) is 0.190. The zero-order chi connectivity index (χ0) is 26.5. The van der Waals surface area contributed by atoms with Gasteiger partial charge in [-0.2, -0.15) is 5.26 Å². The van der Waals surface area contributed by atoms with E-state index in [2.05, 4.69) is 39.0 Å². The number of carbonyl (C=O) groups excluding carboxylic acids is 1. The van der Waals surface area contributed by atoms with Crippen molar-refractivity contribution >= 4 is 5.97 Å². The summed E-state index contributed by atoms with van der Waals surface area (Å²) >= 11 is 0. The number of ether oxygens (including phenoxy) is 2. The molecule has 1 atom stereocenters. The molecule has 2 aromatic carbocycles. The van der Waals surface area contributed by atoms with Crippen molar-refractivity contribution in [2.45, 2.75) is 104 Å². The van der Waals surface area contributed by atoms with Gasteiger partial charge in [0.05, 0.1) is 23.7 Å². The lowest BCUT2D eigenvalue weighted by Gasteiger charge is -2.36. The molecule has 3 rings (SSSR count). The van der Waals surface area contributed by atoms with Gasteiger partial charge < -0.3 is 9.47 Å². The summed E-state index contributed by atoms with van der Waals surface area (Å²) in [5.41, 5.74) is 2.46. The molecule has 1 saturated carbocycles. The van der Waals surface area contributed by atoms with Crippen LogP contribution in [-0.4, -0.2) is 18.7 Å². The van der Waals surface area contributed by atoms with Crippen molar-refractivity contribution in [3.05, 3.63) is 54.1 Å². The fourth-order valence-electron chi connectivity index (χ4n) is 5.27.